The lowest BCUT2D eigenvalue weighted by atomic mass is 10.0. The van der Waals surface area contributed by atoms with Gasteiger partial charge in [0, 0.05) is 35.2 Å². The van der Waals surface area contributed by atoms with Gasteiger partial charge in [0.25, 0.3) is 11.9 Å². The van der Waals surface area contributed by atoms with Gasteiger partial charge in [-0.3, -0.25) is 19.4 Å². The van der Waals surface area contributed by atoms with Gasteiger partial charge in [-0.15, -0.1) is 0 Å². The lowest BCUT2D eigenvalue weighted by Crippen LogP contribution is -2.33. The highest BCUT2D eigenvalue weighted by atomic mass is 16.4. The molecule has 0 saturated heterocycles. The van der Waals surface area contributed by atoms with Crippen LogP contribution < -0.4 is 16.0 Å². The first-order valence-electron chi connectivity index (χ1n) is 11.4. The number of oxazole rings is 1. The number of nitrogens with one attached hydrogen (secondary N) is 3. The van der Waals surface area contributed by atoms with Crippen LogP contribution in [0.3, 0.4) is 0 Å². The van der Waals surface area contributed by atoms with E-state index in [-0.39, 0.29) is 19.4 Å². The summed E-state index contributed by atoms with van der Waals surface area (Å²) in [4.78, 5) is 44.8. The summed E-state index contributed by atoms with van der Waals surface area (Å²) in [6.07, 6.45) is 2.33. The third-order valence-corrected chi connectivity index (χ3v) is 5.42. The van der Waals surface area contributed by atoms with Crippen molar-refractivity contribution in [2.45, 2.75) is 26.2 Å². The number of nitrogens with zero attached hydrogens (tertiary/aromatic N) is 2. The number of amides is 2. The standard InChI is InChI=1S/C26H25N5O5/c1-2-19-18(10-11-24(33)34)20(12-13-27-19)30-23(32)15-28-25(35)16-6-5-7-17(14-16)29-26-31-21-8-3-4-9-22(21)36-26/h3-9,12-14H,2,10-11,15H2,1H3,(H,28,35)(H,29,31)(H,33,34)(H,27,30,32). The van der Waals surface area contributed by atoms with Gasteiger partial charge in [-0.25, -0.2) is 0 Å². The molecule has 0 aliphatic heterocycles. The Bertz CT molecular complexity index is 1380. The van der Waals surface area contributed by atoms with Crippen molar-refractivity contribution in [2.24, 2.45) is 0 Å². The number of aliphatic carboxylic acids is 1. The lowest BCUT2D eigenvalue weighted by Gasteiger charge is -2.14. The Labute approximate surface area is 206 Å². The number of fused-ring (bicyclic) bond motifs is 1. The average Bonchev–Trinajstić information content (AvgIpc) is 3.28. The van der Waals surface area contributed by atoms with Crippen molar-refractivity contribution in [2.75, 3.05) is 17.2 Å². The van der Waals surface area contributed by atoms with Crippen LogP contribution in [0.2, 0.25) is 0 Å². The fourth-order valence-electron chi connectivity index (χ4n) is 3.71. The number of pyridine rings is 1. The van der Waals surface area contributed by atoms with Crippen LogP contribution in [0.15, 0.2) is 65.2 Å². The fourth-order valence-corrected chi connectivity index (χ4v) is 3.71. The molecule has 0 aliphatic carbocycles. The molecule has 2 aromatic carbocycles. The minimum absolute atomic E-state index is 0.0772. The molecule has 2 amide bonds. The van der Waals surface area contributed by atoms with E-state index in [2.05, 4.69) is 25.9 Å². The average molecular weight is 488 g/mol. The minimum Gasteiger partial charge on any atom is -0.481 e. The molecule has 2 aromatic heterocycles. The van der Waals surface area contributed by atoms with Crippen LogP contribution in [0.5, 0.6) is 0 Å². The molecule has 0 spiro atoms. The Balaban J connectivity index is 1.37. The molecule has 0 bridgehead atoms. The fraction of sp³-hybridized carbons (Fsp3) is 0.192. The summed E-state index contributed by atoms with van der Waals surface area (Å²) in [5.41, 5.74) is 4.21. The summed E-state index contributed by atoms with van der Waals surface area (Å²) in [6, 6.07) is 16.0. The van der Waals surface area contributed by atoms with Crippen LogP contribution in [0, 0.1) is 0 Å². The monoisotopic (exact) mass is 487 g/mol. The molecule has 0 aliphatic rings. The van der Waals surface area contributed by atoms with Gasteiger partial charge in [-0.05, 0) is 54.8 Å². The molecular formula is C26H25N5O5. The molecule has 4 aromatic rings. The lowest BCUT2D eigenvalue weighted by molar-refractivity contribution is -0.137. The number of hydrogen-bond donors (Lipinski definition) is 4. The van der Waals surface area contributed by atoms with Gasteiger partial charge >= 0.3 is 5.97 Å². The number of aryl methyl sites for hydroxylation is 1. The predicted molar refractivity (Wildman–Crippen MR) is 134 cm³/mol. The molecule has 10 nitrogen and oxygen atoms in total. The van der Waals surface area contributed by atoms with Crippen LogP contribution in [-0.2, 0) is 22.4 Å². The largest absolute Gasteiger partial charge is 0.481 e. The van der Waals surface area contributed by atoms with E-state index >= 15 is 0 Å². The summed E-state index contributed by atoms with van der Waals surface area (Å²) in [7, 11) is 0. The second-order valence-corrected chi connectivity index (χ2v) is 7.95. The van der Waals surface area contributed by atoms with Gasteiger partial charge in [-0.1, -0.05) is 25.1 Å². The van der Waals surface area contributed by atoms with E-state index in [0.717, 1.165) is 5.69 Å². The minimum atomic E-state index is -0.932. The van der Waals surface area contributed by atoms with Crippen molar-refractivity contribution >= 4 is 46.3 Å². The zero-order valence-electron chi connectivity index (χ0n) is 19.6. The van der Waals surface area contributed by atoms with Crippen LogP contribution in [0.25, 0.3) is 11.1 Å². The highest BCUT2D eigenvalue weighted by molar-refractivity contribution is 6.00. The third-order valence-electron chi connectivity index (χ3n) is 5.42. The van der Waals surface area contributed by atoms with Gasteiger partial charge < -0.3 is 25.5 Å². The summed E-state index contributed by atoms with van der Waals surface area (Å²) in [5.74, 6) is -1.80. The first-order valence-corrected chi connectivity index (χ1v) is 11.4. The van der Waals surface area contributed by atoms with Crippen molar-refractivity contribution in [1.29, 1.82) is 0 Å². The molecule has 4 rings (SSSR count). The molecule has 0 saturated carbocycles. The van der Waals surface area contributed by atoms with Gasteiger partial charge in [-0.2, -0.15) is 4.98 Å². The van der Waals surface area contributed by atoms with E-state index < -0.39 is 17.8 Å². The van der Waals surface area contributed by atoms with Crippen LogP contribution in [0.4, 0.5) is 17.4 Å². The van der Waals surface area contributed by atoms with Gasteiger partial charge in [0.15, 0.2) is 5.58 Å². The number of hydrogen-bond acceptors (Lipinski definition) is 7. The molecule has 0 unspecified atom stereocenters. The van der Waals surface area contributed by atoms with Crippen molar-refractivity contribution in [3.05, 3.63) is 77.6 Å². The van der Waals surface area contributed by atoms with E-state index in [4.69, 9.17) is 9.52 Å². The molecule has 184 valence electrons. The van der Waals surface area contributed by atoms with E-state index in [1.807, 2.05) is 31.2 Å². The van der Waals surface area contributed by atoms with E-state index in [1.165, 1.54) is 0 Å². The third kappa shape index (κ3) is 6.03. The summed E-state index contributed by atoms with van der Waals surface area (Å²) in [6.45, 7) is 1.65. The molecular weight excluding hydrogens is 462 g/mol. The Morgan fingerprint density at radius 2 is 1.89 bits per heavy atom. The van der Waals surface area contributed by atoms with Gasteiger partial charge in [0.1, 0.15) is 5.52 Å². The number of rotatable bonds is 10. The molecule has 0 atom stereocenters. The predicted octanol–water partition coefficient (Wildman–Crippen LogP) is 3.91. The maximum Gasteiger partial charge on any atom is 0.303 e. The summed E-state index contributed by atoms with van der Waals surface area (Å²) in [5, 5.41) is 17.4. The smallest absolute Gasteiger partial charge is 0.303 e. The first-order chi connectivity index (χ1) is 17.4. The normalized spacial score (nSPS) is 10.7. The highest BCUT2D eigenvalue weighted by Crippen LogP contribution is 2.23. The number of anilines is 3. The van der Waals surface area contributed by atoms with Crippen molar-refractivity contribution < 1.29 is 23.9 Å². The molecule has 2 heterocycles. The molecule has 0 fully saturated rings. The number of benzene rings is 2. The number of para-hydroxylation sites is 2. The number of carboxylic acid groups (broad SMARTS) is 1. The number of carbonyl (C=O) groups is 3. The van der Waals surface area contributed by atoms with Crippen LogP contribution in [-0.4, -0.2) is 39.4 Å². The molecule has 10 heteroatoms. The second-order valence-electron chi connectivity index (χ2n) is 7.95. The maximum absolute atomic E-state index is 12.7. The van der Waals surface area contributed by atoms with E-state index in [1.54, 1.807) is 36.5 Å². The topological polar surface area (TPSA) is 146 Å². The van der Waals surface area contributed by atoms with E-state index in [0.29, 0.717) is 46.0 Å². The van der Waals surface area contributed by atoms with Gasteiger partial charge in [0.2, 0.25) is 5.91 Å². The van der Waals surface area contributed by atoms with Gasteiger partial charge in [0.05, 0.1) is 6.54 Å². The summed E-state index contributed by atoms with van der Waals surface area (Å²) < 4.78 is 5.65. The number of carboxylic acids is 1. The molecule has 0 radical (unpaired) electrons. The SMILES string of the molecule is CCc1nccc(NC(=O)CNC(=O)c2cccc(Nc3nc4ccccc4o3)c2)c1CCC(=O)O. The van der Waals surface area contributed by atoms with E-state index in [9.17, 15) is 14.4 Å². The maximum atomic E-state index is 12.7. The first kappa shape index (κ1) is 24.4. The van der Waals surface area contributed by atoms with Crippen LogP contribution >= 0.6 is 0 Å². The quantitative estimate of drug-likeness (QED) is 0.263. The van der Waals surface area contributed by atoms with Crippen molar-refractivity contribution in [1.82, 2.24) is 15.3 Å². The number of carbonyl (C=O) groups excluding carboxylic acids is 2. The second kappa shape index (κ2) is 11.1. The highest BCUT2D eigenvalue weighted by Gasteiger charge is 2.14. The van der Waals surface area contributed by atoms with Crippen molar-refractivity contribution in [3.63, 3.8) is 0 Å². The Hall–Kier alpha value is -4.73. The Morgan fingerprint density at radius 3 is 2.67 bits per heavy atom. The Kier molecular flexibility index (Phi) is 7.54. The molecule has 4 N–H and O–H groups in total. The summed E-state index contributed by atoms with van der Waals surface area (Å²) >= 11 is 0. The zero-order valence-corrected chi connectivity index (χ0v) is 19.6. The Morgan fingerprint density at radius 1 is 1.06 bits per heavy atom. The number of aromatic nitrogens is 2. The van der Waals surface area contributed by atoms with Crippen molar-refractivity contribution in [3.8, 4) is 0 Å². The van der Waals surface area contributed by atoms with Crippen LogP contribution in [0.1, 0.15) is 35.0 Å². The zero-order chi connectivity index (χ0) is 25.5. The molecule has 36 heavy (non-hydrogen) atoms.